The van der Waals surface area contributed by atoms with Gasteiger partial charge in [-0.2, -0.15) is 12.1 Å². The average Bonchev–Trinajstić information content (AvgIpc) is 3.89. The molecule has 0 amide bonds. The fraction of sp³-hybridized carbons (Fsp3) is 0.158. The first-order valence-corrected chi connectivity index (χ1v) is 21.5. The summed E-state index contributed by atoms with van der Waals surface area (Å²) >= 11 is 0. The van der Waals surface area contributed by atoms with Crippen LogP contribution in [0.25, 0.3) is 49.9 Å². The van der Waals surface area contributed by atoms with Crippen LogP contribution in [0.1, 0.15) is 62.4 Å². The van der Waals surface area contributed by atoms with Crippen molar-refractivity contribution in [2.45, 2.75) is 59.3 Å². The van der Waals surface area contributed by atoms with Crippen LogP contribution in [0.2, 0.25) is 0 Å². The number of hydrogen-bond acceptors (Lipinski definition) is 4. The van der Waals surface area contributed by atoms with Crippen molar-refractivity contribution in [2.24, 2.45) is 0 Å². The third-order valence-electron chi connectivity index (χ3n) is 13.0. The summed E-state index contributed by atoms with van der Waals surface area (Å²) in [7, 11) is 0. The van der Waals surface area contributed by atoms with Crippen LogP contribution in [0.3, 0.4) is 0 Å². The van der Waals surface area contributed by atoms with E-state index in [1.165, 1.54) is 55.8 Å². The maximum Gasteiger partial charge on any atom is 0.135 e. The standard InChI is InChI=1S/C57H47N4O.Pt/c1-36-16-14-17-37(2)53(36)45-28-29-47-54(44-21-8-10-22-46(44)57(47,6)7)55(45)60-35-59(49-24-12-13-25-50(49)60)39-18-15-19-40(33-39)62-41-26-27-43-42-20-9-11-23-48(42)61(51(43)34-41)52-32-38(30-31-58-52)56(3,4)5;/h8-32,35H,1-7H3;/q-3;. The van der Waals surface area contributed by atoms with Gasteiger partial charge in [-0.3, -0.25) is 0 Å². The van der Waals surface area contributed by atoms with E-state index >= 15 is 0 Å². The molecule has 0 N–H and O–H groups in total. The zero-order valence-electron chi connectivity index (χ0n) is 36.5. The van der Waals surface area contributed by atoms with Gasteiger partial charge in [-0.05, 0) is 93.9 Å². The molecule has 0 saturated heterocycles. The zero-order valence-corrected chi connectivity index (χ0v) is 38.8. The minimum absolute atomic E-state index is 0. The van der Waals surface area contributed by atoms with Gasteiger partial charge in [-0.15, -0.1) is 48.1 Å². The molecule has 314 valence electrons. The van der Waals surface area contributed by atoms with E-state index in [1.807, 2.05) is 24.4 Å². The van der Waals surface area contributed by atoms with E-state index in [1.54, 1.807) is 0 Å². The first-order chi connectivity index (χ1) is 30.0. The Morgan fingerprint density at radius 3 is 2.11 bits per heavy atom. The molecular weight excluding hydrogens is 952 g/mol. The molecule has 0 saturated carbocycles. The number of para-hydroxylation sites is 3. The second kappa shape index (κ2) is 15.1. The van der Waals surface area contributed by atoms with E-state index in [2.05, 4.69) is 209 Å². The van der Waals surface area contributed by atoms with Gasteiger partial charge in [0.15, 0.2) is 0 Å². The van der Waals surface area contributed by atoms with E-state index in [0.29, 0.717) is 11.5 Å². The summed E-state index contributed by atoms with van der Waals surface area (Å²) in [6.45, 7) is 18.1. The van der Waals surface area contributed by atoms with Crippen molar-refractivity contribution in [2.75, 3.05) is 9.80 Å². The van der Waals surface area contributed by atoms with Gasteiger partial charge >= 0.3 is 0 Å². The molecule has 0 radical (unpaired) electrons. The van der Waals surface area contributed by atoms with Gasteiger partial charge < -0.3 is 19.1 Å². The number of aryl methyl sites for hydroxylation is 2. The monoisotopic (exact) mass is 998 g/mol. The van der Waals surface area contributed by atoms with Gasteiger partial charge in [-0.1, -0.05) is 125 Å². The minimum Gasteiger partial charge on any atom is -0.509 e. The number of benzene rings is 7. The van der Waals surface area contributed by atoms with Crippen LogP contribution in [0, 0.1) is 32.6 Å². The fourth-order valence-electron chi connectivity index (χ4n) is 9.88. The van der Waals surface area contributed by atoms with E-state index in [4.69, 9.17) is 9.72 Å². The average molecular weight is 999 g/mol. The molecule has 11 rings (SSSR count). The number of anilines is 4. The van der Waals surface area contributed by atoms with Crippen LogP contribution in [0.5, 0.6) is 11.5 Å². The number of pyridine rings is 1. The summed E-state index contributed by atoms with van der Waals surface area (Å²) in [6.07, 6.45) is 1.90. The summed E-state index contributed by atoms with van der Waals surface area (Å²) < 4.78 is 8.88. The molecule has 0 bridgehead atoms. The molecule has 0 fully saturated rings. The first-order valence-electron chi connectivity index (χ1n) is 21.5. The summed E-state index contributed by atoms with van der Waals surface area (Å²) in [6, 6.07) is 59.2. The van der Waals surface area contributed by atoms with E-state index in [-0.39, 0.29) is 31.9 Å². The van der Waals surface area contributed by atoms with Crippen LogP contribution in [0.4, 0.5) is 22.7 Å². The molecule has 3 heterocycles. The van der Waals surface area contributed by atoms with Crippen molar-refractivity contribution in [1.82, 2.24) is 9.55 Å². The van der Waals surface area contributed by atoms with Crippen LogP contribution >= 0.6 is 0 Å². The van der Waals surface area contributed by atoms with Crippen LogP contribution in [-0.4, -0.2) is 9.55 Å². The maximum absolute atomic E-state index is 6.68. The number of rotatable bonds is 6. The van der Waals surface area contributed by atoms with Gasteiger partial charge in [0.25, 0.3) is 0 Å². The van der Waals surface area contributed by atoms with Crippen molar-refractivity contribution < 1.29 is 25.8 Å². The van der Waals surface area contributed by atoms with E-state index in [0.717, 1.165) is 44.7 Å². The Morgan fingerprint density at radius 1 is 0.619 bits per heavy atom. The molecule has 0 atom stereocenters. The third-order valence-corrected chi connectivity index (χ3v) is 13.0. The number of aromatic nitrogens is 2. The Balaban J connectivity index is 0.00000471. The Labute approximate surface area is 384 Å². The Morgan fingerprint density at radius 2 is 1.32 bits per heavy atom. The third kappa shape index (κ3) is 6.51. The molecule has 0 spiro atoms. The fourth-order valence-corrected chi connectivity index (χ4v) is 9.88. The van der Waals surface area contributed by atoms with Crippen LogP contribution < -0.4 is 14.5 Å². The largest absolute Gasteiger partial charge is 0.509 e. The Hall–Kier alpha value is -6.42. The van der Waals surface area contributed by atoms with Gasteiger partial charge in [0.05, 0.1) is 0 Å². The number of hydrogen-bond donors (Lipinski definition) is 0. The van der Waals surface area contributed by atoms with Crippen molar-refractivity contribution >= 4 is 44.6 Å². The number of nitrogens with zero attached hydrogens (tertiary/aromatic N) is 4. The van der Waals surface area contributed by atoms with Crippen molar-refractivity contribution in [3.63, 3.8) is 0 Å². The summed E-state index contributed by atoms with van der Waals surface area (Å²) in [5.74, 6) is 2.06. The zero-order chi connectivity index (χ0) is 42.5. The van der Waals surface area contributed by atoms with Crippen LogP contribution in [0.15, 0.2) is 152 Å². The number of ether oxygens (including phenoxy) is 1. The van der Waals surface area contributed by atoms with Gasteiger partial charge in [0.2, 0.25) is 0 Å². The van der Waals surface area contributed by atoms with Crippen LogP contribution in [-0.2, 0) is 31.9 Å². The topological polar surface area (TPSA) is 33.5 Å². The minimum atomic E-state index is -0.153. The number of fused-ring (bicyclic) bond motifs is 7. The van der Waals surface area contributed by atoms with Crippen molar-refractivity contribution in [1.29, 1.82) is 0 Å². The van der Waals surface area contributed by atoms with Crippen molar-refractivity contribution in [3.8, 4) is 39.6 Å². The Bertz CT molecular complexity index is 3240. The van der Waals surface area contributed by atoms with E-state index in [9.17, 15) is 0 Å². The molecule has 63 heavy (non-hydrogen) atoms. The molecular formula is C57H47N4OPt-3. The summed E-state index contributed by atoms with van der Waals surface area (Å²) in [5.41, 5.74) is 17.5. The normalized spacial score (nSPS) is 13.8. The molecule has 6 heteroatoms. The molecule has 0 unspecified atom stereocenters. The first kappa shape index (κ1) is 40.6. The second-order valence-electron chi connectivity index (χ2n) is 18.3. The summed E-state index contributed by atoms with van der Waals surface area (Å²) in [5, 5.41) is 2.24. The van der Waals surface area contributed by atoms with Gasteiger partial charge in [0, 0.05) is 77.9 Å². The quantitative estimate of drug-likeness (QED) is 0.155. The van der Waals surface area contributed by atoms with Crippen molar-refractivity contribution in [3.05, 3.63) is 198 Å². The van der Waals surface area contributed by atoms with E-state index < -0.39 is 0 Å². The second-order valence-corrected chi connectivity index (χ2v) is 18.3. The van der Waals surface area contributed by atoms with Gasteiger partial charge in [-0.25, -0.2) is 4.98 Å². The molecule has 7 aromatic carbocycles. The SMILES string of the molecule is Cc1cccc(C)c1-c1ccc2c(c1N1[CH-]N(c3[c-]c(Oc4[c-]c5c(cc4)c4ccccc4n5-c4cc(C(C)(C)C)ccn4)ccc3)c3ccccc31)-c1ccccc1C2(C)C.[Pt]. The molecule has 1 aliphatic heterocycles. The predicted octanol–water partition coefficient (Wildman–Crippen LogP) is 14.9. The smallest absolute Gasteiger partial charge is 0.135 e. The molecule has 2 aliphatic rings. The Kier molecular flexibility index (Phi) is 9.76. The molecule has 9 aromatic rings. The predicted molar refractivity (Wildman–Crippen MR) is 255 cm³/mol. The van der Waals surface area contributed by atoms with Gasteiger partial charge in [0.1, 0.15) is 5.82 Å². The molecule has 1 aliphatic carbocycles. The maximum atomic E-state index is 6.68. The summed E-state index contributed by atoms with van der Waals surface area (Å²) in [4.78, 5) is 9.50. The molecule has 2 aromatic heterocycles. The molecule has 5 nitrogen and oxygen atoms in total.